The van der Waals surface area contributed by atoms with E-state index in [1.807, 2.05) is 0 Å². The second-order valence-corrected chi connectivity index (χ2v) is 7.72. The van der Waals surface area contributed by atoms with Crippen LogP contribution >= 0.6 is 0 Å². The van der Waals surface area contributed by atoms with Crippen molar-refractivity contribution >= 4 is 17.5 Å². The van der Waals surface area contributed by atoms with Gasteiger partial charge in [-0.1, -0.05) is 6.07 Å². The minimum absolute atomic E-state index is 0.0217. The van der Waals surface area contributed by atoms with Gasteiger partial charge in [0.1, 0.15) is 41.2 Å². The summed E-state index contributed by atoms with van der Waals surface area (Å²) in [7, 11) is 0. The van der Waals surface area contributed by atoms with Gasteiger partial charge in [0.15, 0.2) is 5.82 Å². The van der Waals surface area contributed by atoms with Crippen LogP contribution in [0.4, 0.5) is 23.4 Å². The molecular formula is C21H18F4N6O2. The zero-order valence-corrected chi connectivity index (χ0v) is 17.3. The molecule has 1 amide bonds. The van der Waals surface area contributed by atoms with E-state index in [1.54, 1.807) is 0 Å². The number of nitrogens with one attached hydrogen (secondary N) is 1. The average molecular weight is 462 g/mol. The van der Waals surface area contributed by atoms with Crippen molar-refractivity contribution in [1.29, 1.82) is 0 Å². The Kier molecular flexibility index (Phi) is 5.91. The molecule has 0 unspecified atom stereocenters. The van der Waals surface area contributed by atoms with E-state index < -0.39 is 23.9 Å². The van der Waals surface area contributed by atoms with Crippen molar-refractivity contribution in [3.05, 3.63) is 53.9 Å². The molecule has 1 aliphatic rings. The Balaban J connectivity index is 1.53. The van der Waals surface area contributed by atoms with Gasteiger partial charge in [-0.05, 0) is 43.5 Å². The molecule has 8 nitrogen and oxygen atoms in total. The van der Waals surface area contributed by atoms with E-state index in [4.69, 9.17) is 0 Å². The van der Waals surface area contributed by atoms with Gasteiger partial charge in [-0.3, -0.25) is 9.59 Å². The summed E-state index contributed by atoms with van der Waals surface area (Å²) in [6.07, 6.45) is -1.24. The van der Waals surface area contributed by atoms with Gasteiger partial charge in [-0.15, -0.1) is 10.2 Å². The number of carbonyl (C=O) groups excluding carboxylic acids is 2. The third-order valence-electron chi connectivity index (χ3n) is 5.25. The lowest BCUT2D eigenvalue weighted by atomic mass is 10.1. The number of halogens is 4. The smallest absolute Gasteiger partial charge is 0.305 e. The molecule has 0 bridgehead atoms. The Morgan fingerprint density at radius 1 is 1.27 bits per heavy atom. The average Bonchev–Trinajstić information content (AvgIpc) is 3.51. The molecule has 0 saturated heterocycles. The zero-order chi connectivity index (χ0) is 23.8. The highest BCUT2D eigenvalue weighted by Gasteiger charge is 2.39. The fourth-order valence-corrected chi connectivity index (χ4v) is 3.15. The Morgan fingerprint density at radius 2 is 2.03 bits per heavy atom. The van der Waals surface area contributed by atoms with Crippen LogP contribution in [0.1, 0.15) is 41.9 Å². The summed E-state index contributed by atoms with van der Waals surface area (Å²) in [6.45, 7) is 0.963. The van der Waals surface area contributed by atoms with Crippen molar-refractivity contribution in [2.24, 2.45) is 5.92 Å². The SMILES string of the molecule is C[C@H](n1cnnc1-c1cccc(NC(=O)c2cc(CC(=O)C3CC3)c(F)cn2)n1)C(F)(F)F. The Morgan fingerprint density at radius 3 is 2.73 bits per heavy atom. The summed E-state index contributed by atoms with van der Waals surface area (Å²) >= 11 is 0. The summed E-state index contributed by atoms with van der Waals surface area (Å²) in [6, 6.07) is 3.65. The number of amides is 1. The first-order chi connectivity index (χ1) is 15.6. The van der Waals surface area contributed by atoms with E-state index in [9.17, 15) is 27.2 Å². The molecule has 0 aromatic carbocycles. The fraction of sp³-hybridized carbons (Fsp3) is 0.333. The molecule has 172 valence electrons. The van der Waals surface area contributed by atoms with Crippen LogP contribution < -0.4 is 5.32 Å². The van der Waals surface area contributed by atoms with Crippen LogP contribution in [-0.2, 0) is 11.2 Å². The van der Waals surface area contributed by atoms with Gasteiger partial charge in [0.05, 0.1) is 6.20 Å². The fourth-order valence-electron chi connectivity index (χ4n) is 3.15. The number of nitrogens with zero attached hydrogens (tertiary/aromatic N) is 5. The lowest BCUT2D eigenvalue weighted by molar-refractivity contribution is -0.162. The molecule has 0 radical (unpaired) electrons. The summed E-state index contributed by atoms with van der Waals surface area (Å²) in [5.74, 6) is -1.64. The van der Waals surface area contributed by atoms with E-state index in [0.29, 0.717) is 0 Å². The largest absolute Gasteiger partial charge is 0.408 e. The van der Waals surface area contributed by atoms with Gasteiger partial charge in [0.2, 0.25) is 0 Å². The van der Waals surface area contributed by atoms with Crippen LogP contribution in [0.3, 0.4) is 0 Å². The highest BCUT2D eigenvalue weighted by molar-refractivity contribution is 6.02. The normalized spacial score (nSPS) is 14.7. The standard InChI is InChI=1S/C21H18F4N6O2/c1-11(21(23,24)25)31-10-27-30-19(31)15-3-2-4-18(28-15)29-20(33)16-7-13(14(22)9-26-16)8-17(32)12-5-6-12/h2-4,7,9-12H,5-6,8H2,1H3,(H,28,29,33)/t11-/m0/s1. The third kappa shape index (κ3) is 5.04. The predicted octanol–water partition coefficient (Wildman–Crippen LogP) is 3.77. The molecule has 1 saturated carbocycles. The molecule has 12 heteroatoms. The molecule has 1 N–H and O–H groups in total. The number of Topliss-reactive ketones (excluding diaryl/α,β-unsaturated/α-hetero) is 1. The first-order valence-electron chi connectivity index (χ1n) is 10.1. The molecule has 33 heavy (non-hydrogen) atoms. The first kappa shape index (κ1) is 22.5. The highest BCUT2D eigenvalue weighted by Crippen LogP contribution is 2.33. The number of anilines is 1. The quantitative estimate of drug-likeness (QED) is 0.537. The third-order valence-corrected chi connectivity index (χ3v) is 5.25. The van der Waals surface area contributed by atoms with Crippen LogP contribution in [0.15, 0.2) is 36.8 Å². The number of aromatic nitrogens is 5. The van der Waals surface area contributed by atoms with E-state index >= 15 is 0 Å². The van der Waals surface area contributed by atoms with Gasteiger partial charge in [0.25, 0.3) is 5.91 Å². The number of rotatable bonds is 7. The molecule has 3 aromatic heterocycles. The maximum absolute atomic E-state index is 14.0. The van der Waals surface area contributed by atoms with Gasteiger partial charge in [-0.2, -0.15) is 13.2 Å². The monoisotopic (exact) mass is 462 g/mol. The molecule has 0 spiro atoms. The molecular weight excluding hydrogens is 444 g/mol. The zero-order valence-electron chi connectivity index (χ0n) is 17.3. The topological polar surface area (TPSA) is 103 Å². The van der Waals surface area contributed by atoms with Gasteiger partial charge in [0, 0.05) is 12.3 Å². The van der Waals surface area contributed by atoms with Crippen LogP contribution in [0.2, 0.25) is 0 Å². The van der Waals surface area contributed by atoms with Gasteiger partial charge >= 0.3 is 6.18 Å². The van der Waals surface area contributed by atoms with E-state index in [1.165, 1.54) is 24.3 Å². The minimum Gasteiger partial charge on any atom is -0.305 e. The predicted molar refractivity (Wildman–Crippen MR) is 108 cm³/mol. The van der Waals surface area contributed by atoms with Crippen LogP contribution in [-0.4, -0.2) is 42.6 Å². The van der Waals surface area contributed by atoms with Crippen molar-refractivity contribution in [3.63, 3.8) is 0 Å². The molecule has 1 fully saturated rings. The van der Waals surface area contributed by atoms with Crippen LogP contribution in [0, 0.1) is 11.7 Å². The maximum atomic E-state index is 14.0. The number of hydrogen-bond donors (Lipinski definition) is 1. The van der Waals surface area contributed by atoms with Crippen molar-refractivity contribution < 1.29 is 27.2 Å². The molecule has 0 aliphatic heterocycles. The van der Waals surface area contributed by atoms with Crippen molar-refractivity contribution in [1.82, 2.24) is 24.7 Å². The Bertz CT molecular complexity index is 1210. The lowest BCUT2D eigenvalue weighted by Gasteiger charge is -2.18. The van der Waals surface area contributed by atoms with Crippen molar-refractivity contribution in [2.45, 2.75) is 38.4 Å². The summed E-state index contributed by atoms with van der Waals surface area (Å²) in [5.41, 5.74) is 0.00300. The van der Waals surface area contributed by atoms with E-state index in [2.05, 4.69) is 25.5 Å². The number of hydrogen-bond acceptors (Lipinski definition) is 6. The molecule has 1 aliphatic carbocycles. The van der Waals surface area contributed by atoms with Crippen molar-refractivity contribution in [2.75, 3.05) is 5.32 Å². The van der Waals surface area contributed by atoms with Crippen LogP contribution in [0.25, 0.3) is 11.5 Å². The second kappa shape index (κ2) is 8.68. The minimum atomic E-state index is -4.52. The number of carbonyl (C=O) groups is 2. The molecule has 4 rings (SSSR count). The lowest BCUT2D eigenvalue weighted by Crippen LogP contribution is -2.24. The van der Waals surface area contributed by atoms with E-state index in [0.717, 1.165) is 36.9 Å². The van der Waals surface area contributed by atoms with E-state index in [-0.39, 0.29) is 46.7 Å². The van der Waals surface area contributed by atoms with Gasteiger partial charge < -0.3 is 9.88 Å². The maximum Gasteiger partial charge on any atom is 0.408 e. The highest BCUT2D eigenvalue weighted by atomic mass is 19.4. The number of ketones is 1. The second-order valence-electron chi connectivity index (χ2n) is 7.72. The van der Waals surface area contributed by atoms with Gasteiger partial charge in [-0.25, -0.2) is 14.4 Å². The van der Waals surface area contributed by atoms with Crippen LogP contribution in [0.5, 0.6) is 0 Å². The number of alkyl halides is 3. The molecule has 1 atom stereocenters. The first-order valence-corrected chi connectivity index (χ1v) is 10.1. The Labute approximate surface area is 185 Å². The summed E-state index contributed by atoms with van der Waals surface area (Å²) in [4.78, 5) is 32.5. The number of pyridine rings is 2. The summed E-state index contributed by atoms with van der Waals surface area (Å²) in [5, 5.41) is 9.74. The Hall–Kier alpha value is -3.70. The molecule has 3 heterocycles. The molecule has 3 aromatic rings. The summed E-state index contributed by atoms with van der Waals surface area (Å²) < 4.78 is 54.3. The van der Waals surface area contributed by atoms with Crippen molar-refractivity contribution in [3.8, 4) is 11.5 Å².